The molecule has 3 rings (SSSR count). The van der Waals surface area contributed by atoms with Gasteiger partial charge in [0.2, 0.25) is 0 Å². The third kappa shape index (κ3) is 3.90. The molecule has 1 N–H and O–H groups in total. The fourth-order valence-electron chi connectivity index (χ4n) is 2.79. The summed E-state index contributed by atoms with van der Waals surface area (Å²) in [4.78, 5) is 13.9. The Morgan fingerprint density at radius 2 is 1.74 bits per heavy atom. The maximum Gasteiger partial charge on any atom is 0.516 e. The van der Waals surface area contributed by atoms with Crippen molar-refractivity contribution in [2.24, 2.45) is 0 Å². The molecule has 0 saturated heterocycles. The van der Waals surface area contributed by atoms with Gasteiger partial charge >= 0.3 is 15.5 Å². The summed E-state index contributed by atoms with van der Waals surface area (Å²) in [5, 5.41) is 0. The molecule has 0 spiro atoms. The monoisotopic (exact) mass is 402 g/mol. The molecule has 1 heterocycles. The van der Waals surface area contributed by atoms with E-state index in [0.717, 1.165) is 0 Å². The fourth-order valence-corrected chi connectivity index (χ4v) is 3.36. The van der Waals surface area contributed by atoms with Gasteiger partial charge in [0.25, 0.3) is 5.91 Å². The number of sulfonamides is 1. The lowest BCUT2D eigenvalue weighted by molar-refractivity contribution is -0.0429. The summed E-state index contributed by atoms with van der Waals surface area (Å²) in [6, 6.07) is 9.58. The van der Waals surface area contributed by atoms with Gasteiger partial charge in [-0.05, 0) is 35.7 Å². The third-order valence-electron chi connectivity index (χ3n) is 4.14. The van der Waals surface area contributed by atoms with Crippen molar-refractivity contribution in [2.75, 3.05) is 11.3 Å². The molecule has 0 unspecified atom stereocenters. The number of hydrogen-bond donors (Lipinski definition) is 1. The number of hydrogen-bond acceptors (Lipinski definition) is 3. The Balaban J connectivity index is 1.73. The molecule has 2 aromatic rings. The molecule has 1 aliphatic rings. The van der Waals surface area contributed by atoms with Crippen molar-refractivity contribution in [1.82, 2.24) is 4.90 Å². The zero-order valence-corrected chi connectivity index (χ0v) is 14.6. The van der Waals surface area contributed by atoms with Crippen LogP contribution < -0.4 is 4.72 Å². The standard InChI is InChI=1S/C17H14F4N2O3S/c18-14-3-1-2-12-8-9-23(16(24)15(12)14)10-11-4-6-13(7-5-11)22-27(25,26)17(19,20)21/h1-7,22H,8-10H2. The molecule has 1 aliphatic heterocycles. The Hall–Kier alpha value is -2.62. The summed E-state index contributed by atoms with van der Waals surface area (Å²) in [7, 11) is -5.49. The van der Waals surface area contributed by atoms with Crippen LogP contribution in [0.1, 0.15) is 21.5 Å². The van der Waals surface area contributed by atoms with Crippen LogP contribution in [-0.4, -0.2) is 31.3 Å². The largest absolute Gasteiger partial charge is 0.516 e. The molecule has 0 saturated carbocycles. The number of carbonyl (C=O) groups excluding carboxylic acids is 1. The van der Waals surface area contributed by atoms with Crippen LogP contribution in [0.25, 0.3) is 0 Å². The van der Waals surface area contributed by atoms with E-state index < -0.39 is 27.3 Å². The van der Waals surface area contributed by atoms with Crippen LogP contribution in [-0.2, 0) is 23.0 Å². The van der Waals surface area contributed by atoms with E-state index >= 15 is 0 Å². The number of nitrogens with one attached hydrogen (secondary N) is 1. The molecule has 1 amide bonds. The average molecular weight is 402 g/mol. The van der Waals surface area contributed by atoms with Crippen molar-refractivity contribution in [3.63, 3.8) is 0 Å². The second-order valence-corrected chi connectivity index (χ2v) is 7.67. The Bertz CT molecular complexity index is 973. The van der Waals surface area contributed by atoms with Crippen molar-refractivity contribution in [3.05, 3.63) is 65.0 Å². The van der Waals surface area contributed by atoms with Crippen LogP contribution in [0.3, 0.4) is 0 Å². The lowest BCUT2D eigenvalue weighted by Crippen LogP contribution is -2.37. The summed E-state index contributed by atoms with van der Waals surface area (Å²) >= 11 is 0. The Morgan fingerprint density at radius 3 is 2.37 bits per heavy atom. The van der Waals surface area contributed by atoms with E-state index in [0.29, 0.717) is 24.1 Å². The average Bonchev–Trinajstić information content (AvgIpc) is 2.58. The number of rotatable bonds is 4. The van der Waals surface area contributed by atoms with Crippen molar-refractivity contribution in [2.45, 2.75) is 18.5 Å². The molecule has 27 heavy (non-hydrogen) atoms. The van der Waals surface area contributed by atoms with Gasteiger partial charge in [-0.1, -0.05) is 24.3 Å². The first-order valence-corrected chi connectivity index (χ1v) is 9.31. The Morgan fingerprint density at radius 1 is 1.07 bits per heavy atom. The highest BCUT2D eigenvalue weighted by molar-refractivity contribution is 7.93. The van der Waals surface area contributed by atoms with Gasteiger partial charge in [0, 0.05) is 18.8 Å². The normalized spacial score (nSPS) is 14.8. The van der Waals surface area contributed by atoms with Crippen LogP contribution >= 0.6 is 0 Å². The van der Waals surface area contributed by atoms with Crippen LogP contribution in [0, 0.1) is 5.82 Å². The molecule has 0 fully saturated rings. The minimum absolute atomic E-state index is 0.0262. The summed E-state index contributed by atoms with van der Waals surface area (Å²) in [5.41, 5.74) is -4.44. The second-order valence-electron chi connectivity index (χ2n) is 6.00. The van der Waals surface area contributed by atoms with Gasteiger partial charge in [-0.2, -0.15) is 21.6 Å². The Kier molecular flexibility index (Phi) is 4.85. The van der Waals surface area contributed by atoms with Gasteiger partial charge in [0.05, 0.1) is 5.56 Å². The third-order valence-corrected chi connectivity index (χ3v) is 5.25. The number of benzene rings is 2. The van der Waals surface area contributed by atoms with Crippen molar-refractivity contribution < 1.29 is 30.8 Å². The number of anilines is 1. The highest BCUT2D eigenvalue weighted by Crippen LogP contribution is 2.26. The molecular formula is C17H14F4N2O3S. The summed E-state index contributed by atoms with van der Waals surface area (Å²) in [5.74, 6) is -1.06. The van der Waals surface area contributed by atoms with E-state index in [1.807, 2.05) is 0 Å². The van der Waals surface area contributed by atoms with Crippen LogP contribution in [0.2, 0.25) is 0 Å². The highest BCUT2D eigenvalue weighted by Gasteiger charge is 2.46. The summed E-state index contributed by atoms with van der Waals surface area (Å²) in [6.45, 7) is 0.497. The first-order valence-electron chi connectivity index (χ1n) is 7.83. The molecule has 10 heteroatoms. The minimum atomic E-state index is -5.49. The smallest absolute Gasteiger partial charge is 0.334 e. The van der Waals surface area contributed by atoms with Gasteiger partial charge in [0.15, 0.2) is 0 Å². The number of amides is 1. The first-order chi connectivity index (χ1) is 12.6. The van der Waals surface area contributed by atoms with E-state index in [2.05, 4.69) is 0 Å². The maximum atomic E-state index is 13.9. The molecule has 144 valence electrons. The van der Waals surface area contributed by atoms with E-state index in [1.54, 1.807) is 6.07 Å². The van der Waals surface area contributed by atoms with Gasteiger partial charge in [-0.3, -0.25) is 9.52 Å². The molecule has 0 aliphatic carbocycles. The number of fused-ring (bicyclic) bond motifs is 1. The van der Waals surface area contributed by atoms with Gasteiger partial charge in [-0.15, -0.1) is 0 Å². The van der Waals surface area contributed by atoms with Crippen molar-refractivity contribution >= 4 is 21.6 Å². The predicted octanol–water partition coefficient (Wildman–Crippen LogP) is 3.29. The first kappa shape index (κ1) is 19.2. The summed E-state index contributed by atoms with van der Waals surface area (Å²) < 4.78 is 74.7. The quantitative estimate of drug-likeness (QED) is 0.799. The number of halogens is 4. The van der Waals surface area contributed by atoms with Crippen molar-refractivity contribution in [1.29, 1.82) is 0 Å². The Labute approximate surface area is 152 Å². The van der Waals surface area contributed by atoms with Gasteiger partial charge < -0.3 is 4.90 Å². The van der Waals surface area contributed by atoms with Crippen LogP contribution in [0.4, 0.5) is 23.2 Å². The molecular weight excluding hydrogens is 388 g/mol. The van der Waals surface area contributed by atoms with Gasteiger partial charge in [0.1, 0.15) is 5.82 Å². The lowest BCUT2D eigenvalue weighted by atomic mass is 9.98. The number of carbonyl (C=O) groups is 1. The lowest BCUT2D eigenvalue weighted by Gasteiger charge is -2.29. The molecule has 0 radical (unpaired) electrons. The second kappa shape index (κ2) is 6.84. The maximum absolute atomic E-state index is 13.9. The number of alkyl halides is 3. The van der Waals surface area contributed by atoms with E-state index in [9.17, 15) is 30.8 Å². The van der Waals surface area contributed by atoms with Gasteiger partial charge in [-0.25, -0.2) is 4.39 Å². The summed E-state index contributed by atoms with van der Waals surface area (Å²) in [6.07, 6.45) is 0.488. The van der Waals surface area contributed by atoms with E-state index in [4.69, 9.17) is 0 Å². The van der Waals surface area contributed by atoms with Crippen LogP contribution in [0.15, 0.2) is 42.5 Å². The molecule has 2 aromatic carbocycles. The number of nitrogens with zero attached hydrogens (tertiary/aromatic N) is 1. The molecule has 0 bridgehead atoms. The zero-order valence-electron chi connectivity index (χ0n) is 13.8. The zero-order chi connectivity index (χ0) is 19.8. The van der Waals surface area contributed by atoms with Crippen LogP contribution in [0.5, 0.6) is 0 Å². The molecule has 0 aromatic heterocycles. The highest BCUT2D eigenvalue weighted by atomic mass is 32.2. The fraction of sp³-hybridized carbons (Fsp3) is 0.235. The SMILES string of the molecule is O=C1c2c(F)cccc2CCN1Cc1ccc(NS(=O)(=O)C(F)(F)F)cc1. The van der Waals surface area contributed by atoms with E-state index in [-0.39, 0.29) is 17.8 Å². The predicted molar refractivity (Wildman–Crippen MR) is 89.9 cm³/mol. The molecule has 0 atom stereocenters. The van der Waals surface area contributed by atoms with E-state index in [1.165, 1.54) is 46.0 Å². The minimum Gasteiger partial charge on any atom is -0.334 e. The topological polar surface area (TPSA) is 66.5 Å². The molecule has 5 nitrogen and oxygen atoms in total. The van der Waals surface area contributed by atoms with Crippen molar-refractivity contribution in [3.8, 4) is 0 Å².